The van der Waals surface area contributed by atoms with Crippen molar-refractivity contribution in [3.05, 3.63) is 0 Å². The molecule has 0 saturated carbocycles. The zero-order valence-electron chi connectivity index (χ0n) is 10.3. The number of halogens is 4. The summed E-state index contributed by atoms with van der Waals surface area (Å²) in [6.07, 6.45) is -3.54. The molecule has 0 aromatic heterocycles. The third kappa shape index (κ3) is 6.95. The van der Waals surface area contributed by atoms with Gasteiger partial charge in [0.25, 0.3) is 0 Å². The highest BCUT2D eigenvalue weighted by Crippen LogP contribution is 2.17. The van der Waals surface area contributed by atoms with Gasteiger partial charge in [0.05, 0.1) is 12.1 Å². The molecule has 0 bridgehead atoms. The highest BCUT2D eigenvalue weighted by Gasteiger charge is 2.35. The molecule has 1 fully saturated rings. The van der Waals surface area contributed by atoms with E-state index in [0.717, 1.165) is 0 Å². The molecular weight excluding hydrogens is 289 g/mol. The quantitative estimate of drug-likeness (QED) is 0.730. The third-order valence-electron chi connectivity index (χ3n) is 2.63. The van der Waals surface area contributed by atoms with Gasteiger partial charge in [0, 0.05) is 19.8 Å². The molecule has 0 radical (unpaired) electrons. The normalized spacial score (nSPS) is 18.5. The fraction of sp³-hybridized carbons (Fsp3) is 0.900. The first-order valence-electron chi connectivity index (χ1n) is 5.63. The summed E-state index contributed by atoms with van der Waals surface area (Å²) in [4.78, 5) is 11.7. The highest BCUT2D eigenvalue weighted by atomic mass is 35.5. The number of amides is 1. The molecule has 0 atom stereocenters. The molecule has 0 aliphatic carbocycles. The molecule has 1 aliphatic heterocycles. The maximum absolute atomic E-state index is 11.7. The SMILES string of the molecule is Cl.NC1(C(=O)NCCOCC(F)(F)F)CCOCC1. The van der Waals surface area contributed by atoms with Crippen molar-refractivity contribution < 1.29 is 27.4 Å². The molecule has 1 heterocycles. The van der Waals surface area contributed by atoms with Crippen LogP contribution < -0.4 is 11.1 Å². The van der Waals surface area contributed by atoms with Crippen LogP contribution in [-0.4, -0.2) is 50.6 Å². The first-order chi connectivity index (χ1) is 8.33. The van der Waals surface area contributed by atoms with Crippen LogP contribution in [0.3, 0.4) is 0 Å². The van der Waals surface area contributed by atoms with Crippen molar-refractivity contribution in [3.63, 3.8) is 0 Å². The second-order valence-electron chi connectivity index (χ2n) is 4.19. The van der Waals surface area contributed by atoms with E-state index in [1.807, 2.05) is 0 Å². The third-order valence-corrected chi connectivity index (χ3v) is 2.63. The summed E-state index contributed by atoms with van der Waals surface area (Å²) in [7, 11) is 0. The molecule has 0 aromatic carbocycles. The van der Waals surface area contributed by atoms with Crippen molar-refractivity contribution in [2.24, 2.45) is 5.73 Å². The summed E-state index contributed by atoms with van der Waals surface area (Å²) in [5, 5.41) is 2.47. The number of ether oxygens (including phenoxy) is 2. The molecule has 9 heteroatoms. The van der Waals surface area contributed by atoms with Gasteiger partial charge in [-0.15, -0.1) is 12.4 Å². The van der Waals surface area contributed by atoms with Gasteiger partial charge in [-0.2, -0.15) is 13.2 Å². The molecule has 1 saturated heterocycles. The zero-order chi connectivity index (χ0) is 13.6. The van der Waals surface area contributed by atoms with E-state index in [4.69, 9.17) is 10.5 Å². The minimum absolute atomic E-state index is 0. The molecule has 19 heavy (non-hydrogen) atoms. The number of carbonyl (C=O) groups excluding carboxylic acids is 1. The van der Waals surface area contributed by atoms with E-state index in [1.54, 1.807) is 0 Å². The Labute approximate surface area is 115 Å². The molecule has 5 nitrogen and oxygen atoms in total. The lowest BCUT2D eigenvalue weighted by molar-refractivity contribution is -0.173. The lowest BCUT2D eigenvalue weighted by atomic mass is 9.90. The monoisotopic (exact) mass is 306 g/mol. The lowest BCUT2D eigenvalue weighted by Gasteiger charge is -2.31. The average molecular weight is 307 g/mol. The Morgan fingerprint density at radius 1 is 1.37 bits per heavy atom. The number of nitrogens with one attached hydrogen (secondary N) is 1. The molecule has 114 valence electrons. The maximum Gasteiger partial charge on any atom is 0.411 e. The number of hydrogen-bond donors (Lipinski definition) is 2. The Bertz CT molecular complexity index is 284. The fourth-order valence-electron chi connectivity index (χ4n) is 1.56. The Kier molecular flexibility index (Phi) is 7.65. The van der Waals surface area contributed by atoms with E-state index >= 15 is 0 Å². The van der Waals surface area contributed by atoms with Gasteiger partial charge < -0.3 is 20.5 Å². The highest BCUT2D eigenvalue weighted by molar-refractivity contribution is 5.86. The van der Waals surface area contributed by atoms with E-state index in [9.17, 15) is 18.0 Å². The summed E-state index contributed by atoms with van der Waals surface area (Å²) in [6.45, 7) is -0.681. The Balaban J connectivity index is 0.00000324. The van der Waals surface area contributed by atoms with Crippen molar-refractivity contribution >= 4 is 18.3 Å². The number of alkyl halides is 3. The number of hydrogen-bond acceptors (Lipinski definition) is 4. The second kappa shape index (κ2) is 7.88. The van der Waals surface area contributed by atoms with E-state index in [2.05, 4.69) is 10.1 Å². The fourth-order valence-corrected chi connectivity index (χ4v) is 1.56. The predicted octanol–water partition coefficient (Wildman–Crippen LogP) is 0.611. The summed E-state index contributed by atoms with van der Waals surface area (Å²) in [5.41, 5.74) is 4.89. The van der Waals surface area contributed by atoms with Crippen LogP contribution in [-0.2, 0) is 14.3 Å². The molecule has 0 unspecified atom stereocenters. The van der Waals surface area contributed by atoms with Crippen LogP contribution >= 0.6 is 12.4 Å². The first-order valence-corrected chi connectivity index (χ1v) is 5.63. The van der Waals surface area contributed by atoms with Gasteiger partial charge in [-0.05, 0) is 12.8 Å². The second-order valence-corrected chi connectivity index (χ2v) is 4.19. The van der Waals surface area contributed by atoms with Crippen LogP contribution in [0.15, 0.2) is 0 Å². The van der Waals surface area contributed by atoms with Gasteiger partial charge in [0.1, 0.15) is 6.61 Å². The van der Waals surface area contributed by atoms with Crippen LogP contribution in [0.25, 0.3) is 0 Å². The number of carbonyl (C=O) groups is 1. The summed E-state index contributed by atoms with van der Waals surface area (Å²) >= 11 is 0. The van der Waals surface area contributed by atoms with Gasteiger partial charge in [0.15, 0.2) is 0 Å². The van der Waals surface area contributed by atoms with E-state index in [1.165, 1.54) is 0 Å². The molecule has 0 spiro atoms. The van der Waals surface area contributed by atoms with Crippen molar-refractivity contribution in [1.29, 1.82) is 0 Å². The summed E-state index contributed by atoms with van der Waals surface area (Å²) < 4.78 is 44.7. The van der Waals surface area contributed by atoms with Gasteiger partial charge in [-0.3, -0.25) is 4.79 Å². The van der Waals surface area contributed by atoms with Crippen LogP contribution in [0.4, 0.5) is 13.2 Å². The van der Waals surface area contributed by atoms with Crippen LogP contribution in [0.5, 0.6) is 0 Å². The topological polar surface area (TPSA) is 73.6 Å². The largest absolute Gasteiger partial charge is 0.411 e. The van der Waals surface area contributed by atoms with Crippen LogP contribution in [0.1, 0.15) is 12.8 Å². The van der Waals surface area contributed by atoms with Crippen LogP contribution in [0.2, 0.25) is 0 Å². The zero-order valence-corrected chi connectivity index (χ0v) is 11.1. The minimum Gasteiger partial charge on any atom is -0.381 e. The summed E-state index contributed by atoms with van der Waals surface area (Å²) in [5.74, 6) is -0.374. The molecule has 3 N–H and O–H groups in total. The molecule has 0 aromatic rings. The molecule has 1 rings (SSSR count). The van der Waals surface area contributed by atoms with Crippen LogP contribution in [0, 0.1) is 0 Å². The van der Waals surface area contributed by atoms with E-state index < -0.39 is 18.3 Å². The van der Waals surface area contributed by atoms with Gasteiger partial charge in [-0.1, -0.05) is 0 Å². The number of nitrogens with two attached hydrogens (primary N) is 1. The Morgan fingerprint density at radius 3 is 2.47 bits per heavy atom. The maximum atomic E-state index is 11.7. The Hall–Kier alpha value is -0.570. The van der Waals surface area contributed by atoms with Gasteiger partial charge in [-0.25, -0.2) is 0 Å². The Morgan fingerprint density at radius 2 is 1.95 bits per heavy atom. The molecular formula is C10H18ClF3N2O3. The van der Waals surface area contributed by atoms with E-state index in [0.29, 0.717) is 26.1 Å². The first kappa shape index (κ1) is 18.4. The summed E-state index contributed by atoms with van der Waals surface area (Å²) in [6, 6.07) is 0. The average Bonchev–Trinajstić information content (AvgIpc) is 2.27. The minimum atomic E-state index is -4.35. The van der Waals surface area contributed by atoms with Gasteiger partial charge >= 0.3 is 6.18 Å². The standard InChI is InChI=1S/C10H17F3N2O3.ClH/c11-10(12,13)7-18-6-3-15-8(16)9(14)1-4-17-5-2-9;/h1-7,14H2,(H,15,16);1H. The van der Waals surface area contributed by atoms with Crippen molar-refractivity contribution in [2.75, 3.05) is 33.0 Å². The molecule has 1 amide bonds. The van der Waals surface area contributed by atoms with Gasteiger partial charge in [0.2, 0.25) is 5.91 Å². The lowest BCUT2D eigenvalue weighted by Crippen LogP contribution is -2.57. The predicted molar refractivity (Wildman–Crippen MR) is 64.1 cm³/mol. The van der Waals surface area contributed by atoms with Crippen molar-refractivity contribution in [3.8, 4) is 0 Å². The smallest absolute Gasteiger partial charge is 0.381 e. The van der Waals surface area contributed by atoms with Crippen molar-refractivity contribution in [1.82, 2.24) is 5.32 Å². The number of rotatable bonds is 5. The van der Waals surface area contributed by atoms with Crippen molar-refractivity contribution in [2.45, 2.75) is 24.6 Å². The molecule has 1 aliphatic rings. The van der Waals surface area contributed by atoms with E-state index in [-0.39, 0.29) is 31.5 Å².